The Hall–Kier alpha value is -2.09. The molecule has 0 aliphatic heterocycles. The molecule has 3 rings (SSSR count). The lowest BCUT2D eigenvalue weighted by Crippen LogP contribution is -2.22. The van der Waals surface area contributed by atoms with Crippen LogP contribution in [0.4, 0.5) is 0 Å². The van der Waals surface area contributed by atoms with Crippen molar-refractivity contribution in [3.05, 3.63) is 46.6 Å². The van der Waals surface area contributed by atoms with Crippen LogP contribution in [0.3, 0.4) is 0 Å². The average molecular weight is 347 g/mol. The van der Waals surface area contributed by atoms with Crippen LogP contribution in [0.15, 0.2) is 33.7 Å². The summed E-state index contributed by atoms with van der Waals surface area (Å²) in [5, 5.41) is 8.43. The van der Waals surface area contributed by atoms with E-state index in [2.05, 4.69) is 22.2 Å². The van der Waals surface area contributed by atoms with Crippen LogP contribution >= 0.6 is 11.8 Å². The number of fused-ring (bicyclic) bond motifs is 1. The van der Waals surface area contributed by atoms with Gasteiger partial charge in [-0.25, -0.2) is 9.48 Å². The highest BCUT2D eigenvalue weighted by Crippen LogP contribution is 2.26. The Morgan fingerprint density at radius 2 is 2.25 bits per heavy atom. The smallest absolute Gasteiger partial charge is 0.338 e. The molecule has 3 aromatic heterocycles. The third kappa shape index (κ3) is 3.69. The van der Waals surface area contributed by atoms with Gasteiger partial charge < -0.3 is 4.52 Å². The van der Waals surface area contributed by atoms with Crippen LogP contribution in [0.2, 0.25) is 0 Å². The summed E-state index contributed by atoms with van der Waals surface area (Å²) in [7, 11) is 0. The molecule has 128 valence electrons. The number of unbranched alkanes of at least 4 members (excludes halogenated alkanes) is 1. The third-order valence-corrected chi connectivity index (χ3v) is 4.86. The quantitative estimate of drug-likeness (QED) is 0.623. The molecular weight excluding hydrogens is 326 g/mol. The van der Waals surface area contributed by atoms with Crippen molar-refractivity contribution in [3.8, 4) is 0 Å². The topological polar surface area (TPSA) is 78.2 Å². The number of pyridine rings is 1. The van der Waals surface area contributed by atoms with Gasteiger partial charge in [-0.15, -0.1) is 16.9 Å². The van der Waals surface area contributed by atoms with Gasteiger partial charge >= 0.3 is 5.69 Å². The third-order valence-electron chi connectivity index (χ3n) is 3.74. The molecule has 3 heterocycles. The summed E-state index contributed by atoms with van der Waals surface area (Å²) < 4.78 is 8.37. The van der Waals surface area contributed by atoms with Crippen molar-refractivity contribution in [2.24, 2.45) is 0 Å². The predicted molar refractivity (Wildman–Crippen MR) is 93.2 cm³/mol. The zero-order chi connectivity index (χ0) is 16.9. The van der Waals surface area contributed by atoms with Crippen molar-refractivity contribution in [2.45, 2.75) is 44.9 Å². The lowest BCUT2D eigenvalue weighted by molar-refractivity contribution is 0.374. The largest absolute Gasteiger partial charge is 0.350 e. The minimum atomic E-state index is -0.113. The summed E-state index contributed by atoms with van der Waals surface area (Å²) in [6.07, 6.45) is 4.76. The highest BCUT2D eigenvalue weighted by Gasteiger charge is 2.15. The molecule has 0 saturated heterocycles. The standard InChI is InChI=1S/C16H21N5O2S/c1-3-4-7-13-17-15(23-19-13)12(2)24-11-10-21-16(22)20-9-6-5-8-14(20)18-21/h5-6,8-9,12H,3-4,7,10-11H2,1-2H3. The van der Waals surface area contributed by atoms with Crippen LogP contribution in [-0.2, 0) is 13.0 Å². The van der Waals surface area contributed by atoms with E-state index >= 15 is 0 Å². The van der Waals surface area contributed by atoms with Crippen LogP contribution in [-0.4, -0.2) is 30.1 Å². The van der Waals surface area contributed by atoms with Gasteiger partial charge in [0.1, 0.15) is 0 Å². The number of aromatic nitrogens is 5. The molecule has 7 nitrogen and oxygen atoms in total. The fourth-order valence-electron chi connectivity index (χ4n) is 2.37. The Bertz CT molecular complexity index is 853. The summed E-state index contributed by atoms with van der Waals surface area (Å²) in [6, 6.07) is 5.52. The van der Waals surface area contributed by atoms with E-state index in [4.69, 9.17) is 4.52 Å². The molecule has 1 unspecified atom stereocenters. The minimum absolute atomic E-state index is 0.0978. The number of nitrogens with zero attached hydrogens (tertiary/aromatic N) is 5. The monoisotopic (exact) mass is 347 g/mol. The maximum absolute atomic E-state index is 12.2. The average Bonchev–Trinajstić information content (AvgIpc) is 3.19. The van der Waals surface area contributed by atoms with Crippen molar-refractivity contribution < 1.29 is 4.52 Å². The second-order valence-corrected chi connectivity index (χ2v) is 7.05. The maximum atomic E-state index is 12.2. The summed E-state index contributed by atoms with van der Waals surface area (Å²) in [6.45, 7) is 4.72. The molecule has 0 aromatic carbocycles. The van der Waals surface area contributed by atoms with E-state index in [1.807, 2.05) is 25.1 Å². The molecule has 0 radical (unpaired) electrons. The molecule has 0 amide bonds. The molecule has 1 atom stereocenters. The molecule has 8 heteroatoms. The van der Waals surface area contributed by atoms with E-state index in [9.17, 15) is 4.79 Å². The fourth-order valence-corrected chi connectivity index (χ4v) is 3.24. The Kier molecular flexibility index (Phi) is 5.34. The van der Waals surface area contributed by atoms with Gasteiger partial charge in [-0.1, -0.05) is 24.6 Å². The van der Waals surface area contributed by atoms with Crippen molar-refractivity contribution in [1.29, 1.82) is 0 Å². The number of hydrogen-bond donors (Lipinski definition) is 0. The first-order valence-electron chi connectivity index (χ1n) is 8.17. The van der Waals surface area contributed by atoms with E-state index in [0.29, 0.717) is 18.1 Å². The van der Waals surface area contributed by atoms with Gasteiger partial charge in [-0.3, -0.25) is 4.40 Å². The van der Waals surface area contributed by atoms with E-state index in [1.165, 1.54) is 4.68 Å². The fraction of sp³-hybridized carbons (Fsp3) is 0.500. The summed E-state index contributed by atoms with van der Waals surface area (Å²) in [5.74, 6) is 2.17. The summed E-state index contributed by atoms with van der Waals surface area (Å²) in [4.78, 5) is 16.6. The molecule has 24 heavy (non-hydrogen) atoms. The first kappa shape index (κ1) is 16.8. The number of hydrogen-bond acceptors (Lipinski definition) is 6. The Morgan fingerprint density at radius 3 is 3.04 bits per heavy atom. The lowest BCUT2D eigenvalue weighted by Gasteiger charge is -2.05. The van der Waals surface area contributed by atoms with Gasteiger partial charge in [0.15, 0.2) is 11.5 Å². The molecule has 0 spiro atoms. The van der Waals surface area contributed by atoms with Crippen molar-refractivity contribution in [2.75, 3.05) is 5.75 Å². The van der Waals surface area contributed by atoms with E-state index in [1.54, 1.807) is 22.4 Å². The van der Waals surface area contributed by atoms with Crippen LogP contribution in [0.25, 0.3) is 5.65 Å². The second-order valence-electron chi connectivity index (χ2n) is 5.60. The van der Waals surface area contributed by atoms with E-state index in [0.717, 1.165) is 30.8 Å². The zero-order valence-corrected chi connectivity index (χ0v) is 14.7. The molecule has 0 fully saturated rings. The van der Waals surface area contributed by atoms with Crippen LogP contribution < -0.4 is 5.69 Å². The molecular formula is C16H21N5O2S. The Labute approximate surface area is 144 Å². The molecule has 0 N–H and O–H groups in total. The highest BCUT2D eigenvalue weighted by atomic mass is 32.2. The first-order chi connectivity index (χ1) is 11.7. The van der Waals surface area contributed by atoms with Gasteiger partial charge in [0.25, 0.3) is 0 Å². The van der Waals surface area contributed by atoms with Gasteiger partial charge in [-0.2, -0.15) is 4.98 Å². The summed E-state index contributed by atoms with van der Waals surface area (Å²) in [5.41, 5.74) is 0.552. The van der Waals surface area contributed by atoms with Gasteiger partial charge in [0, 0.05) is 18.4 Å². The summed E-state index contributed by atoms with van der Waals surface area (Å²) >= 11 is 1.67. The van der Waals surface area contributed by atoms with E-state index < -0.39 is 0 Å². The van der Waals surface area contributed by atoms with Gasteiger partial charge in [-0.05, 0) is 25.5 Å². The second kappa shape index (κ2) is 7.65. The van der Waals surface area contributed by atoms with Crippen molar-refractivity contribution in [3.63, 3.8) is 0 Å². The Balaban J connectivity index is 1.56. The normalized spacial score (nSPS) is 12.8. The number of rotatable bonds is 8. The van der Waals surface area contributed by atoms with Crippen molar-refractivity contribution >= 4 is 17.4 Å². The number of thioether (sulfide) groups is 1. The Morgan fingerprint density at radius 1 is 1.38 bits per heavy atom. The van der Waals surface area contributed by atoms with E-state index in [-0.39, 0.29) is 10.9 Å². The zero-order valence-electron chi connectivity index (χ0n) is 13.9. The highest BCUT2D eigenvalue weighted by molar-refractivity contribution is 7.99. The SMILES string of the molecule is CCCCc1noc(C(C)SCCn2nc3ccccn3c2=O)n1. The van der Waals surface area contributed by atoms with Crippen LogP contribution in [0.1, 0.15) is 43.7 Å². The van der Waals surface area contributed by atoms with Gasteiger partial charge in [0.05, 0.1) is 11.8 Å². The number of aryl methyl sites for hydroxylation is 2. The minimum Gasteiger partial charge on any atom is -0.338 e. The predicted octanol–water partition coefficient (Wildman–Crippen LogP) is 2.72. The molecule has 0 aliphatic rings. The maximum Gasteiger partial charge on any atom is 0.350 e. The molecule has 0 bridgehead atoms. The van der Waals surface area contributed by atoms with Crippen molar-refractivity contribution in [1.82, 2.24) is 24.3 Å². The van der Waals surface area contributed by atoms with Gasteiger partial charge in [0.2, 0.25) is 5.89 Å². The first-order valence-corrected chi connectivity index (χ1v) is 9.22. The molecule has 3 aromatic rings. The molecule has 0 aliphatic carbocycles. The van der Waals surface area contributed by atoms with Crippen LogP contribution in [0.5, 0.6) is 0 Å². The molecule has 0 saturated carbocycles. The van der Waals surface area contributed by atoms with Crippen LogP contribution in [0, 0.1) is 0 Å². The lowest BCUT2D eigenvalue weighted by atomic mass is 10.2.